The third kappa shape index (κ3) is 5.21. The highest BCUT2D eigenvalue weighted by atomic mass is 35.5. The largest absolute Gasteiger partial charge is 0.394 e. The first-order valence-electron chi connectivity index (χ1n) is 6.59. The first-order valence-corrected chi connectivity index (χ1v) is 6.97. The van der Waals surface area contributed by atoms with Gasteiger partial charge >= 0.3 is 0 Å². The molecule has 0 aliphatic heterocycles. The maximum absolute atomic E-state index is 11.8. The average Bonchev–Trinajstić information content (AvgIpc) is 2.37. The van der Waals surface area contributed by atoms with Crippen LogP contribution in [0.4, 0.5) is 0 Å². The summed E-state index contributed by atoms with van der Waals surface area (Å²) < 4.78 is 0. The summed E-state index contributed by atoms with van der Waals surface area (Å²) in [6.45, 7) is 5.87. The molecule has 0 saturated carbocycles. The van der Waals surface area contributed by atoms with Crippen molar-refractivity contribution in [1.29, 1.82) is 0 Å². The van der Waals surface area contributed by atoms with Gasteiger partial charge in [0.25, 0.3) is 0 Å². The number of carbonyl (C=O) groups is 1. The van der Waals surface area contributed by atoms with Crippen LogP contribution in [0, 0.1) is 12.8 Å². The molecule has 0 unspecified atom stereocenters. The number of benzene rings is 1. The molecular weight excluding hydrogens is 262 g/mol. The van der Waals surface area contributed by atoms with Gasteiger partial charge < -0.3 is 10.4 Å². The Morgan fingerprint density at radius 1 is 1.42 bits per heavy atom. The van der Waals surface area contributed by atoms with Gasteiger partial charge in [0, 0.05) is 11.4 Å². The average molecular weight is 284 g/mol. The molecule has 0 aliphatic carbocycles. The Labute approximate surface area is 120 Å². The van der Waals surface area contributed by atoms with Crippen molar-refractivity contribution in [2.24, 2.45) is 5.92 Å². The Morgan fingerprint density at radius 2 is 2.11 bits per heavy atom. The van der Waals surface area contributed by atoms with Crippen LogP contribution in [0.3, 0.4) is 0 Å². The Kier molecular flexibility index (Phi) is 6.32. The molecule has 0 aromatic heterocycles. The highest BCUT2D eigenvalue weighted by Gasteiger charge is 2.14. The molecule has 0 saturated heterocycles. The molecule has 1 rings (SSSR count). The van der Waals surface area contributed by atoms with Crippen LogP contribution in [0.1, 0.15) is 31.4 Å². The number of aryl methyl sites for hydroxylation is 2. The maximum Gasteiger partial charge on any atom is 0.220 e. The Bertz CT molecular complexity index is 432. The minimum Gasteiger partial charge on any atom is -0.394 e. The molecule has 0 bridgehead atoms. The summed E-state index contributed by atoms with van der Waals surface area (Å²) in [5.41, 5.74) is 2.09. The van der Waals surface area contributed by atoms with E-state index in [4.69, 9.17) is 16.7 Å². The first-order chi connectivity index (χ1) is 8.93. The van der Waals surface area contributed by atoms with Crippen molar-refractivity contribution in [2.45, 2.75) is 39.7 Å². The predicted octanol–water partition coefficient (Wildman–Crippen LogP) is 2.71. The van der Waals surface area contributed by atoms with Gasteiger partial charge in [0.2, 0.25) is 5.91 Å². The summed E-state index contributed by atoms with van der Waals surface area (Å²) in [5.74, 6) is 0.187. The molecule has 1 atom stereocenters. The van der Waals surface area contributed by atoms with E-state index in [1.807, 2.05) is 39.0 Å². The number of aliphatic hydroxyl groups is 1. The van der Waals surface area contributed by atoms with E-state index in [2.05, 4.69) is 5.32 Å². The van der Waals surface area contributed by atoms with Crippen LogP contribution in [-0.2, 0) is 11.2 Å². The van der Waals surface area contributed by atoms with Gasteiger partial charge in [-0.15, -0.1) is 0 Å². The van der Waals surface area contributed by atoms with Crippen LogP contribution in [0.2, 0.25) is 5.02 Å². The van der Waals surface area contributed by atoms with Crippen molar-refractivity contribution in [1.82, 2.24) is 5.32 Å². The third-order valence-electron chi connectivity index (χ3n) is 3.22. The van der Waals surface area contributed by atoms with E-state index in [-0.39, 0.29) is 24.5 Å². The first kappa shape index (κ1) is 16.0. The molecule has 19 heavy (non-hydrogen) atoms. The number of hydrogen-bond acceptors (Lipinski definition) is 2. The number of carbonyl (C=O) groups excluding carboxylic acids is 1. The Balaban J connectivity index is 2.47. The standard InChI is InChI=1S/C15H22ClNO2/c1-10(2)14(9-18)17-15(19)7-6-12-5-4-11(3)13(16)8-12/h4-5,8,10,14,18H,6-7,9H2,1-3H3,(H,17,19)/t14-/m1/s1. The lowest BCUT2D eigenvalue weighted by atomic mass is 10.0. The second-order valence-electron chi connectivity index (χ2n) is 5.18. The van der Waals surface area contributed by atoms with Gasteiger partial charge in [-0.05, 0) is 36.5 Å². The SMILES string of the molecule is Cc1ccc(CCC(=O)N[C@H](CO)C(C)C)cc1Cl. The topological polar surface area (TPSA) is 49.3 Å². The molecule has 106 valence electrons. The quantitative estimate of drug-likeness (QED) is 0.843. The van der Waals surface area contributed by atoms with Crippen molar-refractivity contribution in [2.75, 3.05) is 6.61 Å². The fourth-order valence-corrected chi connectivity index (χ4v) is 1.95. The number of hydrogen-bond donors (Lipinski definition) is 2. The second kappa shape index (κ2) is 7.51. The summed E-state index contributed by atoms with van der Waals surface area (Å²) in [7, 11) is 0. The molecule has 0 radical (unpaired) electrons. The van der Waals surface area contributed by atoms with E-state index in [1.165, 1.54) is 0 Å². The van der Waals surface area contributed by atoms with Crippen LogP contribution in [0.15, 0.2) is 18.2 Å². The molecule has 3 nitrogen and oxygen atoms in total. The van der Waals surface area contributed by atoms with Crippen LogP contribution in [0.25, 0.3) is 0 Å². The van der Waals surface area contributed by atoms with E-state index in [9.17, 15) is 4.79 Å². The van der Waals surface area contributed by atoms with E-state index >= 15 is 0 Å². The van der Waals surface area contributed by atoms with Gasteiger partial charge in [0.1, 0.15) is 0 Å². The molecule has 0 spiro atoms. The molecule has 1 aromatic carbocycles. The van der Waals surface area contributed by atoms with Gasteiger partial charge in [-0.3, -0.25) is 4.79 Å². The van der Waals surface area contributed by atoms with Gasteiger partial charge in [0.05, 0.1) is 12.6 Å². The minimum absolute atomic E-state index is 0.0280. The third-order valence-corrected chi connectivity index (χ3v) is 3.63. The summed E-state index contributed by atoms with van der Waals surface area (Å²) in [5, 5.41) is 12.7. The number of rotatable bonds is 6. The van der Waals surface area contributed by atoms with Crippen LogP contribution in [0.5, 0.6) is 0 Å². The minimum atomic E-state index is -0.172. The summed E-state index contributed by atoms with van der Waals surface area (Å²) in [6, 6.07) is 5.67. The lowest BCUT2D eigenvalue weighted by Crippen LogP contribution is -2.41. The number of amides is 1. The van der Waals surface area contributed by atoms with Crippen LogP contribution in [-0.4, -0.2) is 23.7 Å². The summed E-state index contributed by atoms with van der Waals surface area (Å²) >= 11 is 6.04. The number of nitrogens with one attached hydrogen (secondary N) is 1. The van der Waals surface area contributed by atoms with E-state index in [0.29, 0.717) is 12.8 Å². The highest BCUT2D eigenvalue weighted by Crippen LogP contribution is 2.17. The molecule has 2 N–H and O–H groups in total. The van der Waals surface area contributed by atoms with Gasteiger partial charge in [-0.25, -0.2) is 0 Å². The number of aliphatic hydroxyl groups excluding tert-OH is 1. The molecular formula is C15H22ClNO2. The van der Waals surface area contributed by atoms with E-state index in [0.717, 1.165) is 16.1 Å². The van der Waals surface area contributed by atoms with Crippen molar-refractivity contribution in [3.8, 4) is 0 Å². The fourth-order valence-electron chi connectivity index (χ4n) is 1.75. The smallest absolute Gasteiger partial charge is 0.220 e. The lowest BCUT2D eigenvalue weighted by molar-refractivity contribution is -0.122. The maximum atomic E-state index is 11.8. The summed E-state index contributed by atoms with van der Waals surface area (Å²) in [4.78, 5) is 11.8. The van der Waals surface area contributed by atoms with Gasteiger partial charge in [0.15, 0.2) is 0 Å². The predicted molar refractivity (Wildman–Crippen MR) is 78.4 cm³/mol. The molecule has 0 heterocycles. The molecule has 4 heteroatoms. The second-order valence-corrected chi connectivity index (χ2v) is 5.59. The molecule has 0 fully saturated rings. The van der Waals surface area contributed by atoms with Gasteiger partial charge in [-0.1, -0.05) is 37.6 Å². The van der Waals surface area contributed by atoms with E-state index in [1.54, 1.807) is 0 Å². The fraction of sp³-hybridized carbons (Fsp3) is 0.533. The van der Waals surface area contributed by atoms with Crippen LogP contribution < -0.4 is 5.32 Å². The zero-order chi connectivity index (χ0) is 14.4. The van der Waals surface area contributed by atoms with Gasteiger partial charge in [-0.2, -0.15) is 0 Å². The molecule has 1 aromatic rings. The van der Waals surface area contributed by atoms with Crippen molar-refractivity contribution >= 4 is 17.5 Å². The highest BCUT2D eigenvalue weighted by molar-refractivity contribution is 6.31. The molecule has 0 aliphatic rings. The zero-order valence-corrected chi connectivity index (χ0v) is 12.5. The van der Waals surface area contributed by atoms with Crippen molar-refractivity contribution in [3.63, 3.8) is 0 Å². The number of halogens is 1. The van der Waals surface area contributed by atoms with E-state index < -0.39 is 0 Å². The molecule has 1 amide bonds. The summed E-state index contributed by atoms with van der Waals surface area (Å²) in [6.07, 6.45) is 1.06. The Hall–Kier alpha value is -1.06. The van der Waals surface area contributed by atoms with Crippen molar-refractivity contribution in [3.05, 3.63) is 34.3 Å². The zero-order valence-electron chi connectivity index (χ0n) is 11.7. The lowest BCUT2D eigenvalue weighted by Gasteiger charge is -2.19. The normalized spacial score (nSPS) is 12.5. The van der Waals surface area contributed by atoms with Crippen molar-refractivity contribution < 1.29 is 9.90 Å². The monoisotopic (exact) mass is 283 g/mol. The Morgan fingerprint density at radius 3 is 2.63 bits per heavy atom. The van der Waals surface area contributed by atoms with Crippen LogP contribution >= 0.6 is 11.6 Å².